The predicted molar refractivity (Wildman–Crippen MR) is 61.6 cm³/mol. The third-order valence-corrected chi connectivity index (χ3v) is 2.55. The molecule has 0 aromatic heterocycles. The summed E-state index contributed by atoms with van der Waals surface area (Å²) in [5.41, 5.74) is -3.37. The summed E-state index contributed by atoms with van der Waals surface area (Å²) >= 11 is 0. The van der Waals surface area contributed by atoms with E-state index < -0.39 is 35.8 Å². The van der Waals surface area contributed by atoms with Crippen molar-refractivity contribution in [3.63, 3.8) is 0 Å². The second-order valence-corrected chi connectivity index (χ2v) is 4.25. The van der Waals surface area contributed by atoms with Crippen LogP contribution in [-0.2, 0) is 9.53 Å². The average molecular weight is 290 g/mol. The summed E-state index contributed by atoms with van der Waals surface area (Å²) in [5, 5.41) is 27.1. The van der Waals surface area contributed by atoms with Gasteiger partial charge in [-0.1, -0.05) is 12.1 Å². The molecule has 110 valence electrons. The summed E-state index contributed by atoms with van der Waals surface area (Å²) < 4.78 is 30.8. The summed E-state index contributed by atoms with van der Waals surface area (Å²) in [6.45, 7) is -0.723. The number of phenolic OH excluding ortho intramolecular Hbond substituents is 1. The zero-order valence-corrected chi connectivity index (χ0v) is 10.3. The number of hydrogen-bond acceptors (Lipinski definition) is 5. The molecule has 0 spiro atoms. The molecule has 1 rings (SSSR count). The fourth-order valence-corrected chi connectivity index (χ4v) is 1.25. The standard InChI is InChI=1S/C12H12F2O6/c1-11(19,12(13,14)10(17)18)6-20-9(16)7-4-2-3-5-8(7)15/h2-5,15,19H,6H2,1H3,(H,17,18). The molecule has 0 bridgehead atoms. The van der Waals surface area contributed by atoms with Crippen molar-refractivity contribution in [1.82, 2.24) is 0 Å². The summed E-state index contributed by atoms with van der Waals surface area (Å²) in [4.78, 5) is 21.9. The van der Waals surface area contributed by atoms with Gasteiger partial charge in [0.05, 0.1) is 0 Å². The Bertz CT molecular complexity index is 526. The molecule has 3 N–H and O–H groups in total. The Morgan fingerprint density at radius 3 is 2.35 bits per heavy atom. The number of phenols is 1. The highest BCUT2D eigenvalue weighted by Gasteiger charge is 2.56. The van der Waals surface area contributed by atoms with Gasteiger partial charge in [-0.25, -0.2) is 9.59 Å². The van der Waals surface area contributed by atoms with Crippen LogP contribution in [0.25, 0.3) is 0 Å². The number of rotatable bonds is 5. The van der Waals surface area contributed by atoms with Gasteiger partial charge in [-0.2, -0.15) is 8.78 Å². The van der Waals surface area contributed by atoms with Crippen molar-refractivity contribution >= 4 is 11.9 Å². The molecular formula is C12H12F2O6. The molecular weight excluding hydrogens is 278 g/mol. The number of esters is 1. The number of aromatic hydroxyl groups is 1. The first-order valence-electron chi connectivity index (χ1n) is 5.38. The Morgan fingerprint density at radius 2 is 1.85 bits per heavy atom. The minimum Gasteiger partial charge on any atom is -0.507 e. The molecule has 0 aliphatic carbocycles. The normalized spacial score (nSPS) is 14.4. The summed E-state index contributed by atoms with van der Waals surface area (Å²) in [5.74, 6) is -8.63. The van der Waals surface area contributed by atoms with E-state index in [1.807, 2.05) is 0 Å². The number of halogens is 2. The number of alkyl halides is 2. The largest absolute Gasteiger partial charge is 0.507 e. The zero-order chi connectivity index (χ0) is 15.6. The maximum atomic E-state index is 13.2. The van der Waals surface area contributed by atoms with Gasteiger partial charge in [0.15, 0.2) is 5.60 Å². The molecule has 0 aliphatic heterocycles. The van der Waals surface area contributed by atoms with E-state index in [4.69, 9.17) is 5.11 Å². The molecule has 20 heavy (non-hydrogen) atoms. The molecule has 8 heteroatoms. The molecule has 0 saturated carbocycles. The lowest BCUT2D eigenvalue weighted by molar-refractivity contribution is -0.212. The van der Waals surface area contributed by atoms with E-state index in [1.165, 1.54) is 24.3 Å². The highest BCUT2D eigenvalue weighted by atomic mass is 19.3. The van der Waals surface area contributed by atoms with Crippen molar-refractivity contribution in [3.05, 3.63) is 29.8 Å². The van der Waals surface area contributed by atoms with Gasteiger partial charge in [-0.3, -0.25) is 0 Å². The number of para-hydroxylation sites is 1. The number of aliphatic hydroxyl groups is 1. The van der Waals surface area contributed by atoms with E-state index in [0.717, 1.165) is 0 Å². The quantitative estimate of drug-likeness (QED) is 0.699. The molecule has 1 atom stereocenters. The van der Waals surface area contributed by atoms with Crippen molar-refractivity contribution < 1.29 is 38.4 Å². The van der Waals surface area contributed by atoms with Crippen LogP contribution >= 0.6 is 0 Å². The monoisotopic (exact) mass is 290 g/mol. The van der Waals surface area contributed by atoms with Crippen LogP contribution in [0, 0.1) is 0 Å². The van der Waals surface area contributed by atoms with Crippen molar-refractivity contribution in [2.75, 3.05) is 6.61 Å². The molecule has 0 fully saturated rings. The van der Waals surface area contributed by atoms with Crippen molar-refractivity contribution in [2.45, 2.75) is 18.4 Å². The number of hydrogen-bond donors (Lipinski definition) is 3. The molecule has 1 unspecified atom stereocenters. The van der Waals surface area contributed by atoms with E-state index in [-0.39, 0.29) is 5.56 Å². The van der Waals surface area contributed by atoms with Crippen LogP contribution < -0.4 is 0 Å². The van der Waals surface area contributed by atoms with Crippen LogP contribution in [0.2, 0.25) is 0 Å². The minimum absolute atomic E-state index is 0.290. The number of carbonyl (C=O) groups is 2. The fraction of sp³-hybridized carbons (Fsp3) is 0.333. The van der Waals surface area contributed by atoms with E-state index in [2.05, 4.69) is 4.74 Å². The number of carboxylic acid groups (broad SMARTS) is 1. The smallest absolute Gasteiger partial charge is 0.377 e. The lowest BCUT2D eigenvalue weighted by Crippen LogP contribution is -2.54. The van der Waals surface area contributed by atoms with Crippen LogP contribution in [0.15, 0.2) is 24.3 Å². The molecule has 0 heterocycles. The Kier molecular flexibility index (Phi) is 4.29. The Morgan fingerprint density at radius 1 is 1.30 bits per heavy atom. The lowest BCUT2D eigenvalue weighted by Gasteiger charge is -2.28. The van der Waals surface area contributed by atoms with Crippen LogP contribution in [0.3, 0.4) is 0 Å². The van der Waals surface area contributed by atoms with E-state index in [0.29, 0.717) is 6.92 Å². The van der Waals surface area contributed by atoms with Gasteiger partial charge in [0.1, 0.15) is 17.9 Å². The number of carboxylic acids is 1. The highest BCUT2D eigenvalue weighted by molar-refractivity contribution is 5.92. The van der Waals surface area contributed by atoms with Crippen molar-refractivity contribution in [1.29, 1.82) is 0 Å². The van der Waals surface area contributed by atoms with Gasteiger partial charge in [0.25, 0.3) is 0 Å². The van der Waals surface area contributed by atoms with Crippen LogP contribution in [0.5, 0.6) is 5.75 Å². The van der Waals surface area contributed by atoms with E-state index >= 15 is 0 Å². The third kappa shape index (κ3) is 3.02. The topological polar surface area (TPSA) is 104 Å². The fourth-order valence-electron chi connectivity index (χ4n) is 1.25. The number of aliphatic carboxylic acids is 1. The molecule has 0 saturated heterocycles. The first-order chi connectivity index (χ1) is 9.09. The van der Waals surface area contributed by atoms with E-state index in [1.54, 1.807) is 0 Å². The first-order valence-corrected chi connectivity index (χ1v) is 5.38. The van der Waals surface area contributed by atoms with Crippen LogP contribution in [0.1, 0.15) is 17.3 Å². The van der Waals surface area contributed by atoms with Crippen molar-refractivity contribution in [2.24, 2.45) is 0 Å². The number of ether oxygens (including phenoxy) is 1. The molecule has 0 aliphatic rings. The molecule has 6 nitrogen and oxygen atoms in total. The lowest BCUT2D eigenvalue weighted by atomic mass is 9.99. The highest BCUT2D eigenvalue weighted by Crippen LogP contribution is 2.29. The molecule has 1 aromatic rings. The Labute approximate surface area is 112 Å². The third-order valence-electron chi connectivity index (χ3n) is 2.55. The summed E-state index contributed by atoms with van der Waals surface area (Å²) in [6.07, 6.45) is 0. The first kappa shape index (κ1) is 15.8. The van der Waals surface area contributed by atoms with Gasteiger partial charge in [-0.05, 0) is 19.1 Å². The Balaban J connectivity index is 2.79. The maximum Gasteiger partial charge on any atom is 0.377 e. The van der Waals surface area contributed by atoms with Gasteiger partial charge >= 0.3 is 17.9 Å². The van der Waals surface area contributed by atoms with Gasteiger partial charge in [0, 0.05) is 0 Å². The zero-order valence-electron chi connectivity index (χ0n) is 10.3. The van der Waals surface area contributed by atoms with Crippen LogP contribution in [-0.4, -0.2) is 45.4 Å². The molecule has 1 aromatic carbocycles. The maximum absolute atomic E-state index is 13.2. The average Bonchev–Trinajstić information content (AvgIpc) is 2.36. The summed E-state index contributed by atoms with van der Waals surface area (Å²) in [7, 11) is 0. The molecule has 0 radical (unpaired) electrons. The Hall–Kier alpha value is -2.22. The molecule has 0 amide bonds. The van der Waals surface area contributed by atoms with Gasteiger partial charge < -0.3 is 20.1 Å². The predicted octanol–water partition coefficient (Wildman–Crippen LogP) is 1.02. The second-order valence-electron chi connectivity index (χ2n) is 4.25. The van der Waals surface area contributed by atoms with E-state index in [9.17, 15) is 28.6 Å². The van der Waals surface area contributed by atoms with Crippen LogP contribution in [0.4, 0.5) is 8.78 Å². The number of carbonyl (C=O) groups excluding carboxylic acids is 1. The number of benzene rings is 1. The second kappa shape index (κ2) is 5.41. The van der Waals surface area contributed by atoms with Gasteiger partial charge in [0.2, 0.25) is 0 Å². The van der Waals surface area contributed by atoms with Gasteiger partial charge in [-0.15, -0.1) is 0 Å². The van der Waals surface area contributed by atoms with Crippen molar-refractivity contribution in [3.8, 4) is 5.75 Å². The minimum atomic E-state index is -4.49. The SMILES string of the molecule is CC(O)(COC(=O)c1ccccc1O)C(F)(F)C(=O)O. The summed E-state index contributed by atoms with van der Waals surface area (Å²) in [6, 6.07) is 5.20.